The van der Waals surface area contributed by atoms with E-state index >= 15 is 0 Å². The first kappa shape index (κ1) is 15.2. The van der Waals surface area contributed by atoms with Crippen LogP contribution in [0.15, 0.2) is 24.3 Å². The Kier molecular flexibility index (Phi) is 5.05. The van der Waals surface area contributed by atoms with Crippen molar-refractivity contribution >= 4 is 5.91 Å². The first-order valence-electron chi connectivity index (χ1n) is 7.08. The maximum absolute atomic E-state index is 12.1. The zero-order chi connectivity index (χ0) is 15.2. The van der Waals surface area contributed by atoms with Gasteiger partial charge >= 0.3 is 0 Å². The number of aromatic nitrogens is 3. The first-order chi connectivity index (χ1) is 10.2. The minimum absolute atomic E-state index is 0.0963. The van der Waals surface area contributed by atoms with Crippen LogP contribution in [0.4, 0.5) is 0 Å². The molecule has 1 amide bonds. The lowest BCUT2D eigenvalue weighted by Crippen LogP contribution is -2.27. The lowest BCUT2D eigenvalue weighted by atomic mass is 10.1. The molecule has 2 N–H and O–H groups in total. The fourth-order valence-corrected chi connectivity index (χ4v) is 2.09. The summed E-state index contributed by atoms with van der Waals surface area (Å²) in [4.78, 5) is 12.1. The minimum Gasteiger partial charge on any atom is -0.395 e. The van der Waals surface area contributed by atoms with Crippen molar-refractivity contribution in [2.45, 2.75) is 26.7 Å². The average Bonchev–Trinajstić information content (AvgIpc) is 2.90. The molecule has 0 spiro atoms. The number of aryl methyl sites for hydroxylation is 1. The lowest BCUT2D eigenvalue weighted by Gasteiger charge is -2.07. The summed E-state index contributed by atoms with van der Waals surface area (Å²) >= 11 is 0. The molecule has 6 nitrogen and oxygen atoms in total. The predicted octanol–water partition coefficient (Wildman–Crippen LogP) is 1.25. The van der Waals surface area contributed by atoms with Crippen molar-refractivity contribution in [3.63, 3.8) is 0 Å². The molecule has 1 aromatic carbocycles. The highest BCUT2D eigenvalue weighted by Crippen LogP contribution is 2.15. The van der Waals surface area contributed by atoms with Crippen LogP contribution in [0.2, 0.25) is 0 Å². The van der Waals surface area contributed by atoms with Gasteiger partial charge in [0, 0.05) is 6.54 Å². The number of aliphatic hydroxyl groups is 1. The second-order valence-corrected chi connectivity index (χ2v) is 4.86. The largest absolute Gasteiger partial charge is 0.395 e. The molecule has 0 saturated carbocycles. The number of aliphatic hydroxyl groups excluding tert-OH is 1. The summed E-state index contributed by atoms with van der Waals surface area (Å²) in [6, 6.07) is 7.91. The van der Waals surface area contributed by atoms with Gasteiger partial charge in [-0.3, -0.25) is 4.79 Å². The standard InChI is InChI=1S/C15H20N4O2/c1-3-4-13-14(15(21)16-9-10-20)17-18-19(13)12-7-5-11(2)6-8-12/h5-8,20H,3-4,9-10H2,1-2H3,(H,16,21). The van der Waals surface area contributed by atoms with E-state index in [1.165, 1.54) is 0 Å². The molecule has 2 aromatic rings. The van der Waals surface area contributed by atoms with E-state index in [9.17, 15) is 4.79 Å². The number of rotatable bonds is 6. The number of carbonyl (C=O) groups excluding carboxylic acids is 1. The zero-order valence-corrected chi connectivity index (χ0v) is 12.3. The Bertz CT molecular complexity index is 605. The molecule has 6 heteroatoms. The van der Waals surface area contributed by atoms with Crippen LogP contribution in [0.5, 0.6) is 0 Å². The van der Waals surface area contributed by atoms with Gasteiger partial charge < -0.3 is 10.4 Å². The van der Waals surface area contributed by atoms with Gasteiger partial charge in [-0.2, -0.15) is 0 Å². The van der Waals surface area contributed by atoms with Crippen molar-refractivity contribution < 1.29 is 9.90 Å². The minimum atomic E-state index is -0.300. The van der Waals surface area contributed by atoms with Crippen molar-refractivity contribution in [2.24, 2.45) is 0 Å². The summed E-state index contributed by atoms with van der Waals surface area (Å²) in [5.74, 6) is -0.300. The molecule has 0 saturated heterocycles. The molecule has 1 aromatic heterocycles. The van der Waals surface area contributed by atoms with Gasteiger partial charge in [-0.15, -0.1) is 5.10 Å². The molecule has 0 bridgehead atoms. The molecule has 0 atom stereocenters. The summed E-state index contributed by atoms with van der Waals surface area (Å²) in [6.07, 6.45) is 1.60. The Morgan fingerprint density at radius 1 is 1.33 bits per heavy atom. The summed E-state index contributed by atoms with van der Waals surface area (Å²) in [7, 11) is 0. The Balaban J connectivity index is 2.36. The molecule has 0 aliphatic carbocycles. The zero-order valence-electron chi connectivity index (χ0n) is 12.3. The maximum atomic E-state index is 12.1. The predicted molar refractivity (Wildman–Crippen MR) is 79.5 cm³/mol. The van der Waals surface area contributed by atoms with E-state index in [0.717, 1.165) is 23.4 Å². The summed E-state index contributed by atoms with van der Waals surface area (Å²) in [6.45, 7) is 4.18. The maximum Gasteiger partial charge on any atom is 0.273 e. The average molecular weight is 288 g/mol. The van der Waals surface area contributed by atoms with Gasteiger partial charge in [0.1, 0.15) is 0 Å². The highest BCUT2D eigenvalue weighted by Gasteiger charge is 2.19. The van der Waals surface area contributed by atoms with E-state index in [1.54, 1.807) is 4.68 Å². The van der Waals surface area contributed by atoms with Crippen LogP contribution >= 0.6 is 0 Å². The van der Waals surface area contributed by atoms with Crippen molar-refractivity contribution in [2.75, 3.05) is 13.2 Å². The second kappa shape index (κ2) is 6.99. The van der Waals surface area contributed by atoms with Gasteiger partial charge in [0.15, 0.2) is 5.69 Å². The fourth-order valence-electron chi connectivity index (χ4n) is 2.09. The van der Waals surface area contributed by atoms with Crippen LogP contribution in [0.1, 0.15) is 35.1 Å². The number of nitrogens with one attached hydrogen (secondary N) is 1. The molecule has 112 valence electrons. The third kappa shape index (κ3) is 3.46. The smallest absolute Gasteiger partial charge is 0.273 e. The summed E-state index contributed by atoms with van der Waals surface area (Å²) in [5, 5.41) is 19.5. The Labute approximate surface area is 123 Å². The van der Waals surface area contributed by atoms with Gasteiger partial charge in [-0.25, -0.2) is 4.68 Å². The van der Waals surface area contributed by atoms with Crippen LogP contribution in [-0.4, -0.2) is 39.2 Å². The van der Waals surface area contributed by atoms with E-state index in [1.807, 2.05) is 38.1 Å². The number of hydrogen-bond acceptors (Lipinski definition) is 4. The highest BCUT2D eigenvalue weighted by atomic mass is 16.3. The molecule has 21 heavy (non-hydrogen) atoms. The molecular weight excluding hydrogens is 268 g/mol. The third-order valence-corrected chi connectivity index (χ3v) is 3.14. The quantitative estimate of drug-likeness (QED) is 0.838. The van der Waals surface area contributed by atoms with Crippen LogP contribution in [-0.2, 0) is 6.42 Å². The van der Waals surface area contributed by atoms with E-state index in [4.69, 9.17) is 5.11 Å². The van der Waals surface area contributed by atoms with E-state index < -0.39 is 0 Å². The molecular formula is C15H20N4O2. The van der Waals surface area contributed by atoms with Crippen molar-refractivity contribution in [1.29, 1.82) is 0 Å². The third-order valence-electron chi connectivity index (χ3n) is 3.14. The summed E-state index contributed by atoms with van der Waals surface area (Å²) in [5.41, 5.74) is 3.16. The second-order valence-electron chi connectivity index (χ2n) is 4.86. The van der Waals surface area contributed by atoms with Crippen LogP contribution in [0, 0.1) is 6.92 Å². The van der Waals surface area contributed by atoms with Crippen LogP contribution in [0.3, 0.4) is 0 Å². The Hall–Kier alpha value is -2.21. The topological polar surface area (TPSA) is 80.0 Å². The van der Waals surface area contributed by atoms with Crippen molar-refractivity contribution in [3.05, 3.63) is 41.2 Å². The Morgan fingerprint density at radius 2 is 2.05 bits per heavy atom. The van der Waals surface area contributed by atoms with Crippen molar-refractivity contribution in [1.82, 2.24) is 20.3 Å². The highest BCUT2D eigenvalue weighted by molar-refractivity contribution is 5.93. The first-order valence-corrected chi connectivity index (χ1v) is 7.08. The van der Waals surface area contributed by atoms with Gasteiger partial charge in [-0.05, 0) is 25.5 Å². The van der Waals surface area contributed by atoms with Crippen molar-refractivity contribution in [3.8, 4) is 5.69 Å². The fraction of sp³-hybridized carbons (Fsp3) is 0.400. The molecule has 0 radical (unpaired) electrons. The number of amides is 1. The Morgan fingerprint density at radius 3 is 2.67 bits per heavy atom. The normalized spacial score (nSPS) is 10.6. The summed E-state index contributed by atoms with van der Waals surface area (Å²) < 4.78 is 1.71. The number of nitrogens with zero attached hydrogens (tertiary/aromatic N) is 3. The van der Waals surface area contributed by atoms with Gasteiger partial charge in [0.25, 0.3) is 5.91 Å². The van der Waals surface area contributed by atoms with Gasteiger partial charge in [0.05, 0.1) is 18.0 Å². The van der Waals surface area contributed by atoms with Gasteiger partial charge in [-0.1, -0.05) is 36.3 Å². The molecule has 2 rings (SSSR count). The lowest BCUT2D eigenvalue weighted by molar-refractivity contribution is 0.0938. The van der Waals surface area contributed by atoms with E-state index in [2.05, 4.69) is 15.6 Å². The number of benzene rings is 1. The molecule has 0 aliphatic heterocycles. The van der Waals surface area contributed by atoms with Gasteiger partial charge in [0.2, 0.25) is 0 Å². The monoisotopic (exact) mass is 288 g/mol. The molecule has 0 fully saturated rings. The van der Waals surface area contributed by atoms with E-state index in [0.29, 0.717) is 12.1 Å². The molecule has 0 aliphatic rings. The number of hydrogen-bond donors (Lipinski definition) is 2. The SMILES string of the molecule is CCCc1c(C(=O)NCCO)nnn1-c1ccc(C)cc1. The number of carbonyl (C=O) groups is 1. The molecule has 1 heterocycles. The van der Waals surface area contributed by atoms with Crippen LogP contribution < -0.4 is 5.32 Å². The molecule has 0 unspecified atom stereocenters. The van der Waals surface area contributed by atoms with E-state index in [-0.39, 0.29) is 19.1 Å². The van der Waals surface area contributed by atoms with Crippen LogP contribution in [0.25, 0.3) is 5.69 Å².